The van der Waals surface area contributed by atoms with Gasteiger partial charge in [-0.25, -0.2) is 4.68 Å². The molecule has 1 aliphatic heterocycles. The molecule has 0 saturated heterocycles. The molecule has 0 aliphatic carbocycles. The molecule has 0 atom stereocenters. The Morgan fingerprint density at radius 2 is 2.11 bits per heavy atom. The minimum absolute atomic E-state index is 0.0566. The van der Waals surface area contributed by atoms with E-state index in [1.165, 1.54) is 12.1 Å². The molecule has 98 valence electrons. The van der Waals surface area contributed by atoms with Gasteiger partial charge in [0.05, 0.1) is 29.5 Å². The molecule has 7 nitrogen and oxygen atoms in total. The molecule has 1 aliphatic rings. The van der Waals surface area contributed by atoms with Crippen LogP contribution in [0, 0.1) is 10.1 Å². The van der Waals surface area contributed by atoms with Gasteiger partial charge in [-0.2, -0.15) is 5.10 Å². The second-order valence-corrected chi connectivity index (χ2v) is 4.30. The number of ether oxygens (including phenoxy) is 1. The summed E-state index contributed by atoms with van der Waals surface area (Å²) in [6, 6.07) is 6.25. The topological polar surface area (TPSA) is 96.2 Å². The van der Waals surface area contributed by atoms with Crippen LogP contribution in [0.25, 0.3) is 5.69 Å². The second-order valence-electron chi connectivity index (χ2n) is 4.30. The lowest BCUT2D eigenvalue weighted by Gasteiger charge is -2.14. The lowest BCUT2D eigenvalue weighted by atomic mass is 10.1. The zero-order valence-corrected chi connectivity index (χ0v) is 10.1. The van der Waals surface area contributed by atoms with Crippen LogP contribution in [0.15, 0.2) is 24.3 Å². The average molecular weight is 260 g/mol. The Labute approximate surface area is 108 Å². The molecule has 0 radical (unpaired) electrons. The number of non-ortho nitro benzene ring substituents is 1. The molecule has 7 heteroatoms. The highest BCUT2D eigenvalue weighted by Gasteiger charge is 2.20. The molecule has 3 rings (SSSR count). The molecule has 2 aromatic rings. The van der Waals surface area contributed by atoms with Gasteiger partial charge in [0.25, 0.3) is 5.69 Å². The smallest absolute Gasteiger partial charge is 0.269 e. The van der Waals surface area contributed by atoms with Crippen LogP contribution in [0.1, 0.15) is 11.3 Å². The fourth-order valence-electron chi connectivity index (χ4n) is 2.19. The number of hydrogen-bond donors (Lipinski definition) is 1. The molecule has 0 unspecified atom stereocenters. The number of rotatable bonds is 2. The molecule has 19 heavy (non-hydrogen) atoms. The summed E-state index contributed by atoms with van der Waals surface area (Å²) in [5, 5.41) is 14.9. The van der Waals surface area contributed by atoms with Crippen LogP contribution < -0.4 is 5.73 Å². The van der Waals surface area contributed by atoms with Crippen molar-refractivity contribution in [1.29, 1.82) is 0 Å². The summed E-state index contributed by atoms with van der Waals surface area (Å²) in [4.78, 5) is 10.2. The van der Waals surface area contributed by atoms with E-state index < -0.39 is 4.92 Å². The Bertz CT molecular complexity index is 633. The maximum absolute atomic E-state index is 10.6. The molecule has 2 N–H and O–H groups in total. The summed E-state index contributed by atoms with van der Waals surface area (Å²) < 4.78 is 7.09. The van der Waals surface area contributed by atoms with Crippen molar-refractivity contribution < 1.29 is 9.66 Å². The van der Waals surface area contributed by atoms with E-state index >= 15 is 0 Å². The van der Waals surface area contributed by atoms with Crippen molar-refractivity contribution in [3.63, 3.8) is 0 Å². The molecular formula is C12H12N4O3. The van der Waals surface area contributed by atoms with Crippen LogP contribution in [-0.2, 0) is 17.8 Å². The zero-order valence-electron chi connectivity index (χ0n) is 10.1. The number of hydrogen-bond acceptors (Lipinski definition) is 5. The maximum Gasteiger partial charge on any atom is 0.269 e. The Kier molecular flexibility index (Phi) is 2.68. The van der Waals surface area contributed by atoms with Crippen molar-refractivity contribution in [2.75, 3.05) is 12.3 Å². The van der Waals surface area contributed by atoms with Gasteiger partial charge in [0.2, 0.25) is 0 Å². The number of nitrogens with zero attached hydrogens (tertiary/aromatic N) is 3. The molecule has 0 saturated carbocycles. The third-order valence-electron chi connectivity index (χ3n) is 3.16. The highest BCUT2D eigenvalue weighted by molar-refractivity contribution is 5.49. The molecule has 2 heterocycles. The Morgan fingerprint density at radius 3 is 2.79 bits per heavy atom. The largest absolute Gasteiger partial charge is 0.382 e. The predicted octanol–water partition coefficient (Wildman–Crippen LogP) is 1.44. The van der Waals surface area contributed by atoms with Crippen LogP contribution in [-0.4, -0.2) is 21.3 Å². The minimum Gasteiger partial charge on any atom is -0.382 e. The number of benzene rings is 1. The van der Waals surface area contributed by atoms with Crippen LogP contribution in [0.3, 0.4) is 0 Å². The van der Waals surface area contributed by atoms with E-state index in [9.17, 15) is 10.1 Å². The maximum atomic E-state index is 10.6. The molecule has 0 bridgehead atoms. The molecule has 0 spiro atoms. The molecular weight excluding hydrogens is 248 g/mol. The van der Waals surface area contributed by atoms with Crippen molar-refractivity contribution in [3.8, 4) is 5.69 Å². The van der Waals surface area contributed by atoms with E-state index in [0.29, 0.717) is 19.0 Å². The van der Waals surface area contributed by atoms with Crippen molar-refractivity contribution in [3.05, 3.63) is 45.6 Å². The number of nitrogens with two attached hydrogens (primary N) is 1. The predicted molar refractivity (Wildman–Crippen MR) is 68.0 cm³/mol. The van der Waals surface area contributed by atoms with Crippen LogP contribution in [0.2, 0.25) is 0 Å². The zero-order chi connectivity index (χ0) is 13.4. The van der Waals surface area contributed by atoms with Crippen LogP contribution >= 0.6 is 0 Å². The summed E-state index contributed by atoms with van der Waals surface area (Å²) in [6.07, 6.45) is 0.733. The summed E-state index contributed by atoms with van der Waals surface area (Å²) >= 11 is 0. The Hall–Kier alpha value is -2.41. The van der Waals surface area contributed by atoms with E-state index in [1.54, 1.807) is 16.8 Å². The van der Waals surface area contributed by atoms with E-state index in [0.717, 1.165) is 23.4 Å². The lowest BCUT2D eigenvalue weighted by Crippen LogP contribution is -2.13. The van der Waals surface area contributed by atoms with Gasteiger partial charge >= 0.3 is 0 Å². The first-order valence-electron chi connectivity index (χ1n) is 5.85. The number of nitrogen functional groups attached to an aromatic ring is 1. The Morgan fingerprint density at radius 1 is 1.37 bits per heavy atom. The molecule has 0 fully saturated rings. The lowest BCUT2D eigenvalue weighted by molar-refractivity contribution is -0.384. The minimum atomic E-state index is -0.426. The molecule has 0 amide bonds. The van der Waals surface area contributed by atoms with Gasteiger partial charge < -0.3 is 10.5 Å². The van der Waals surface area contributed by atoms with Crippen LogP contribution in [0.5, 0.6) is 0 Å². The van der Waals surface area contributed by atoms with Crippen molar-refractivity contribution in [2.24, 2.45) is 0 Å². The number of nitro benzene ring substituents is 1. The molecule has 1 aromatic heterocycles. The summed E-state index contributed by atoms with van der Waals surface area (Å²) in [7, 11) is 0. The van der Waals surface area contributed by atoms with E-state index in [-0.39, 0.29) is 5.69 Å². The fourth-order valence-corrected chi connectivity index (χ4v) is 2.19. The number of anilines is 1. The second kappa shape index (κ2) is 4.36. The van der Waals surface area contributed by atoms with E-state index in [2.05, 4.69) is 5.10 Å². The first kappa shape index (κ1) is 11.7. The van der Waals surface area contributed by atoms with Gasteiger partial charge in [0, 0.05) is 24.1 Å². The first-order chi connectivity index (χ1) is 9.16. The van der Waals surface area contributed by atoms with Gasteiger partial charge in [-0.05, 0) is 12.1 Å². The van der Waals surface area contributed by atoms with Crippen molar-refractivity contribution in [1.82, 2.24) is 9.78 Å². The third kappa shape index (κ3) is 1.93. The normalized spacial score (nSPS) is 14.1. The standard InChI is InChI=1S/C12H12N4O3/c13-12-10-7-19-6-5-11(10)15(14-12)8-1-3-9(4-2-8)16(17)18/h1-4H,5-7H2,(H2,13,14). The molecule has 1 aromatic carbocycles. The van der Waals surface area contributed by atoms with Crippen molar-refractivity contribution >= 4 is 11.5 Å². The SMILES string of the molecule is Nc1nn(-c2ccc([N+](=O)[O-])cc2)c2c1COCC2. The fraction of sp³-hybridized carbons (Fsp3) is 0.250. The number of aromatic nitrogens is 2. The van der Waals surface area contributed by atoms with Gasteiger partial charge in [0.15, 0.2) is 5.82 Å². The van der Waals surface area contributed by atoms with Gasteiger partial charge in [0.1, 0.15) is 0 Å². The highest BCUT2D eigenvalue weighted by atomic mass is 16.6. The van der Waals surface area contributed by atoms with Crippen LogP contribution in [0.4, 0.5) is 11.5 Å². The first-order valence-corrected chi connectivity index (χ1v) is 5.85. The van der Waals surface area contributed by atoms with Gasteiger partial charge in [-0.3, -0.25) is 10.1 Å². The van der Waals surface area contributed by atoms with E-state index in [1.807, 2.05) is 0 Å². The number of fused-ring (bicyclic) bond motifs is 1. The summed E-state index contributed by atoms with van der Waals surface area (Å²) in [5.41, 5.74) is 8.60. The Balaban J connectivity index is 2.04. The number of nitro groups is 1. The van der Waals surface area contributed by atoms with Crippen molar-refractivity contribution in [2.45, 2.75) is 13.0 Å². The summed E-state index contributed by atoms with van der Waals surface area (Å²) in [5.74, 6) is 0.452. The van der Waals surface area contributed by atoms with Gasteiger partial charge in [-0.15, -0.1) is 0 Å². The quantitative estimate of drug-likeness (QED) is 0.651. The van der Waals surface area contributed by atoms with Gasteiger partial charge in [-0.1, -0.05) is 0 Å². The third-order valence-corrected chi connectivity index (χ3v) is 3.16. The van der Waals surface area contributed by atoms with E-state index in [4.69, 9.17) is 10.5 Å². The monoisotopic (exact) mass is 260 g/mol. The summed E-state index contributed by atoms with van der Waals surface area (Å²) in [6.45, 7) is 1.10. The average Bonchev–Trinajstić information content (AvgIpc) is 2.77. The highest BCUT2D eigenvalue weighted by Crippen LogP contribution is 2.26.